The molecule has 1 fully saturated rings. The first-order valence-electron chi connectivity index (χ1n) is 8.39. The third kappa shape index (κ3) is 4.30. The molecule has 132 valence electrons. The summed E-state index contributed by atoms with van der Waals surface area (Å²) in [4.78, 5) is 18.3. The minimum atomic E-state index is -0.950. The Morgan fingerprint density at radius 1 is 1.32 bits per heavy atom. The first kappa shape index (κ1) is 17.7. The molecule has 0 bridgehead atoms. The van der Waals surface area contributed by atoms with Crippen molar-refractivity contribution < 1.29 is 9.90 Å². The first-order valence-corrected chi connectivity index (χ1v) is 8.77. The van der Waals surface area contributed by atoms with Crippen LogP contribution in [0.2, 0.25) is 5.02 Å². The summed E-state index contributed by atoms with van der Waals surface area (Å²) >= 11 is 5.79. The van der Waals surface area contributed by atoms with Gasteiger partial charge in [0.25, 0.3) is 0 Å². The molecule has 1 aromatic heterocycles. The molecule has 0 radical (unpaired) electrons. The predicted molar refractivity (Wildman–Crippen MR) is 98.6 cm³/mol. The minimum absolute atomic E-state index is 0.0319. The number of anilines is 1. The number of carbonyl (C=O) groups is 1. The number of aliphatic hydroxyl groups is 1. The van der Waals surface area contributed by atoms with E-state index >= 15 is 0 Å². The number of nitrogens with zero attached hydrogens (tertiary/aromatic N) is 2. The zero-order chi connectivity index (χ0) is 17.9. The van der Waals surface area contributed by atoms with Gasteiger partial charge < -0.3 is 15.3 Å². The van der Waals surface area contributed by atoms with Gasteiger partial charge in [-0.05, 0) is 31.0 Å². The van der Waals surface area contributed by atoms with Gasteiger partial charge in [0, 0.05) is 25.7 Å². The van der Waals surface area contributed by atoms with E-state index in [1.807, 2.05) is 31.2 Å². The molecule has 1 aromatic carbocycles. The second-order valence-corrected chi connectivity index (χ2v) is 6.94. The third-order valence-corrected chi connectivity index (χ3v) is 4.79. The Labute approximate surface area is 152 Å². The Balaban J connectivity index is 1.52. The molecule has 3 rings (SSSR count). The molecule has 0 saturated carbocycles. The van der Waals surface area contributed by atoms with Crippen LogP contribution in [0.3, 0.4) is 0 Å². The Morgan fingerprint density at radius 2 is 2.08 bits per heavy atom. The number of benzene rings is 1. The van der Waals surface area contributed by atoms with Gasteiger partial charge in [0.15, 0.2) is 0 Å². The van der Waals surface area contributed by atoms with Gasteiger partial charge in [-0.15, -0.1) is 0 Å². The fraction of sp³-hybridized carbons (Fsp3) is 0.368. The normalized spacial score (nSPS) is 19.9. The molecule has 2 aromatic rings. The number of aromatic nitrogens is 1. The summed E-state index contributed by atoms with van der Waals surface area (Å²) in [5, 5.41) is 14.6. The van der Waals surface area contributed by atoms with Gasteiger partial charge in [0.2, 0.25) is 5.91 Å². The number of likely N-dealkylation sites (tertiary alicyclic amines) is 1. The molecule has 0 spiro atoms. The maximum absolute atomic E-state index is 12.4. The molecule has 2 heterocycles. The Bertz CT molecular complexity index is 733. The van der Waals surface area contributed by atoms with E-state index in [1.54, 1.807) is 23.2 Å². The largest absolute Gasteiger partial charge is 0.383 e. The number of nitrogens with one attached hydrogen (secondary N) is 1. The van der Waals surface area contributed by atoms with Gasteiger partial charge in [-0.25, -0.2) is 4.98 Å². The molecule has 1 aliphatic heterocycles. The molecule has 1 aliphatic rings. The highest BCUT2D eigenvalue weighted by Gasteiger charge is 2.39. The molecule has 25 heavy (non-hydrogen) atoms. The van der Waals surface area contributed by atoms with Crippen LogP contribution >= 0.6 is 11.6 Å². The number of halogens is 1. The van der Waals surface area contributed by atoms with Crippen molar-refractivity contribution in [3.05, 3.63) is 58.7 Å². The van der Waals surface area contributed by atoms with Crippen LogP contribution in [-0.2, 0) is 10.4 Å². The zero-order valence-corrected chi connectivity index (χ0v) is 15.0. The second kappa shape index (κ2) is 7.42. The van der Waals surface area contributed by atoms with E-state index in [9.17, 15) is 9.90 Å². The van der Waals surface area contributed by atoms with Crippen LogP contribution in [0.15, 0.2) is 42.6 Å². The lowest BCUT2D eigenvalue weighted by molar-refractivity contribution is -0.130. The van der Waals surface area contributed by atoms with Crippen LogP contribution in [0.1, 0.15) is 24.0 Å². The number of rotatable bonds is 5. The Kier molecular flexibility index (Phi) is 5.25. The van der Waals surface area contributed by atoms with Crippen LogP contribution < -0.4 is 5.32 Å². The van der Waals surface area contributed by atoms with E-state index in [0.29, 0.717) is 43.3 Å². The molecular formula is C19H22ClN3O2. The van der Waals surface area contributed by atoms with Gasteiger partial charge in [0.1, 0.15) is 11.4 Å². The minimum Gasteiger partial charge on any atom is -0.383 e. The van der Waals surface area contributed by atoms with E-state index in [1.165, 1.54) is 0 Å². The molecule has 1 amide bonds. The molecule has 0 unspecified atom stereocenters. The summed E-state index contributed by atoms with van der Waals surface area (Å²) in [6.45, 7) is 3.42. The topological polar surface area (TPSA) is 65.5 Å². The highest BCUT2D eigenvalue weighted by atomic mass is 35.5. The summed E-state index contributed by atoms with van der Waals surface area (Å²) in [6, 6.07) is 11.4. The fourth-order valence-electron chi connectivity index (χ4n) is 3.04. The van der Waals surface area contributed by atoms with E-state index in [4.69, 9.17) is 11.6 Å². The number of β-amino-alcohol motifs (C(OH)–C–C–N with tert-alkyl or cyclic N) is 1. The van der Waals surface area contributed by atoms with Crippen molar-refractivity contribution in [1.82, 2.24) is 9.88 Å². The lowest BCUT2D eigenvalue weighted by Crippen LogP contribution is -2.35. The maximum Gasteiger partial charge on any atom is 0.224 e. The maximum atomic E-state index is 12.4. The van der Waals surface area contributed by atoms with Crippen molar-refractivity contribution >= 4 is 23.3 Å². The molecule has 2 N–H and O–H groups in total. The molecule has 1 saturated heterocycles. The molecule has 1 atom stereocenters. The van der Waals surface area contributed by atoms with Crippen molar-refractivity contribution in [1.29, 1.82) is 0 Å². The van der Waals surface area contributed by atoms with Crippen molar-refractivity contribution in [3.8, 4) is 0 Å². The van der Waals surface area contributed by atoms with E-state index < -0.39 is 5.60 Å². The molecular weight excluding hydrogens is 338 g/mol. The van der Waals surface area contributed by atoms with E-state index in [-0.39, 0.29) is 5.91 Å². The Morgan fingerprint density at radius 3 is 2.76 bits per heavy atom. The number of carbonyl (C=O) groups excluding carboxylic acids is 1. The monoisotopic (exact) mass is 359 g/mol. The van der Waals surface area contributed by atoms with Crippen molar-refractivity contribution in [2.75, 3.05) is 25.0 Å². The van der Waals surface area contributed by atoms with Crippen molar-refractivity contribution in [2.24, 2.45) is 0 Å². The molecule has 6 heteroatoms. The molecule has 0 aliphatic carbocycles. The number of pyridine rings is 1. The Hall–Kier alpha value is -2.11. The lowest BCUT2D eigenvalue weighted by Gasteiger charge is -2.24. The SMILES string of the molecule is Cc1ccc([C@@]2(O)CCN(C(=O)CCNc3ccc(Cl)cn3)C2)cc1. The second-order valence-electron chi connectivity index (χ2n) is 6.50. The van der Waals surface area contributed by atoms with Gasteiger partial charge in [-0.2, -0.15) is 0 Å². The first-order chi connectivity index (χ1) is 12.0. The van der Waals surface area contributed by atoms with E-state index in [0.717, 1.165) is 11.1 Å². The lowest BCUT2D eigenvalue weighted by atomic mass is 9.92. The summed E-state index contributed by atoms with van der Waals surface area (Å²) in [7, 11) is 0. The van der Waals surface area contributed by atoms with Crippen LogP contribution in [0.4, 0.5) is 5.82 Å². The standard InChI is InChI=1S/C19H22ClN3O2/c1-14-2-4-15(5-3-14)19(25)9-11-23(13-19)18(24)8-10-21-17-7-6-16(20)12-22-17/h2-7,12,25H,8-11,13H2,1H3,(H,21,22)/t19-/m1/s1. The summed E-state index contributed by atoms with van der Waals surface area (Å²) in [5.74, 6) is 0.722. The van der Waals surface area contributed by atoms with Gasteiger partial charge in [-0.3, -0.25) is 4.79 Å². The highest BCUT2D eigenvalue weighted by Crippen LogP contribution is 2.32. The van der Waals surface area contributed by atoms with Crippen molar-refractivity contribution in [3.63, 3.8) is 0 Å². The average Bonchev–Trinajstić information content (AvgIpc) is 3.01. The summed E-state index contributed by atoms with van der Waals surface area (Å²) in [5.41, 5.74) is 1.08. The van der Waals surface area contributed by atoms with Crippen LogP contribution in [-0.4, -0.2) is 40.5 Å². The summed E-state index contributed by atoms with van der Waals surface area (Å²) < 4.78 is 0. The van der Waals surface area contributed by atoms with Gasteiger partial charge in [-0.1, -0.05) is 41.4 Å². The van der Waals surface area contributed by atoms with Crippen LogP contribution in [0.5, 0.6) is 0 Å². The summed E-state index contributed by atoms with van der Waals surface area (Å²) in [6.07, 6.45) is 2.48. The third-order valence-electron chi connectivity index (χ3n) is 4.56. The van der Waals surface area contributed by atoms with Gasteiger partial charge >= 0.3 is 0 Å². The van der Waals surface area contributed by atoms with Crippen LogP contribution in [0, 0.1) is 6.92 Å². The number of amides is 1. The zero-order valence-electron chi connectivity index (χ0n) is 14.2. The van der Waals surface area contributed by atoms with Crippen LogP contribution in [0.25, 0.3) is 0 Å². The highest BCUT2D eigenvalue weighted by molar-refractivity contribution is 6.30. The smallest absolute Gasteiger partial charge is 0.224 e. The van der Waals surface area contributed by atoms with Gasteiger partial charge in [0.05, 0.1) is 11.6 Å². The molecule has 5 nitrogen and oxygen atoms in total. The number of aryl methyl sites for hydroxylation is 1. The number of hydrogen-bond donors (Lipinski definition) is 2. The fourth-order valence-corrected chi connectivity index (χ4v) is 3.15. The van der Waals surface area contributed by atoms with Crippen molar-refractivity contribution in [2.45, 2.75) is 25.4 Å². The quantitative estimate of drug-likeness (QED) is 0.861. The average molecular weight is 360 g/mol. The number of hydrogen-bond acceptors (Lipinski definition) is 4. The van der Waals surface area contributed by atoms with E-state index in [2.05, 4.69) is 10.3 Å². The predicted octanol–water partition coefficient (Wildman–Crippen LogP) is 2.97.